The SMILES string of the molecule is CCNCCCc1nnc(-c2ccoc2)o1. The molecule has 0 saturated heterocycles. The summed E-state index contributed by atoms with van der Waals surface area (Å²) in [6.07, 6.45) is 4.99. The van der Waals surface area contributed by atoms with Crippen molar-refractivity contribution in [2.45, 2.75) is 19.8 Å². The van der Waals surface area contributed by atoms with Crippen LogP contribution >= 0.6 is 0 Å². The van der Waals surface area contributed by atoms with Gasteiger partial charge in [-0.25, -0.2) is 0 Å². The van der Waals surface area contributed by atoms with Crippen molar-refractivity contribution in [1.29, 1.82) is 0 Å². The molecule has 0 radical (unpaired) electrons. The average molecular weight is 221 g/mol. The molecule has 86 valence electrons. The number of aromatic nitrogens is 2. The molecular formula is C11H15N3O2. The Kier molecular flexibility index (Phi) is 3.71. The van der Waals surface area contributed by atoms with Crippen LogP contribution in [0.4, 0.5) is 0 Å². The highest BCUT2D eigenvalue weighted by Crippen LogP contribution is 2.18. The van der Waals surface area contributed by atoms with Gasteiger partial charge in [-0.05, 0) is 25.6 Å². The van der Waals surface area contributed by atoms with Gasteiger partial charge < -0.3 is 14.2 Å². The second kappa shape index (κ2) is 5.46. The zero-order valence-corrected chi connectivity index (χ0v) is 9.27. The quantitative estimate of drug-likeness (QED) is 0.754. The summed E-state index contributed by atoms with van der Waals surface area (Å²) < 4.78 is 10.5. The molecule has 0 bridgehead atoms. The molecule has 0 fully saturated rings. The van der Waals surface area contributed by atoms with E-state index in [9.17, 15) is 0 Å². The fourth-order valence-electron chi connectivity index (χ4n) is 1.40. The van der Waals surface area contributed by atoms with Gasteiger partial charge in [-0.15, -0.1) is 10.2 Å². The van der Waals surface area contributed by atoms with E-state index in [0.29, 0.717) is 11.8 Å². The molecule has 0 aromatic carbocycles. The number of nitrogens with one attached hydrogen (secondary N) is 1. The lowest BCUT2D eigenvalue weighted by molar-refractivity contribution is 0.491. The predicted molar refractivity (Wildman–Crippen MR) is 58.9 cm³/mol. The van der Waals surface area contributed by atoms with E-state index in [0.717, 1.165) is 31.5 Å². The van der Waals surface area contributed by atoms with Gasteiger partial charge in [-0.3, -0.25) is 0 Å². The van der Waals surface area contributed by atoms with Crippen molar-refractivity contribution >= 4 is 0 Å². The third-order valence-corrected chi connectivity index (χ3v) is 2.23. The summed E-state index contributed by atoms with van der Waals surface area (Å²) in [6, 6.07) is 1.80. The molecule has 2 heterocycles. The van der Waals surface area contributed by atoms with Crippen LogP contribution in [0.3, 0.4) is 0 Å². The van der Waals surface area contributed by atoms with Gasteiger partial charge in [0.15, 0.2) is 0 Å². The molecule has 0 spiro atoms. The van der Waals surface area contributed by atoms with E-state index >= 15 is 0 Å². The third-order valence-electron chi connectivity index (χ3n) is 2.23. The average Bonchev–Trinajstić information content (AvgIpc) is 2.94. The Labute approximate surface area is 93.9 Å². The van der Waals surface area contributed by atoms with Crippen molar-refractivity contribution in [2.75, 3.05) is 13.1 Å². The van der Waals surface area contributed by atoms with Crippen molar-refractivity contribution in [3.05, 3.63) is 24.5 Å². The summed E-state index contributed by atoms with van der Waals surface area (Å²) in [5, 5.41) is 11.2. The number of hydrogen-bond donors (Lipinski definition) is 1. The summed E-state index contributed by atoms with van der Waals surface area (Å²) in [4.78, 5) is 0. The van der Waals surface area contributed by atoms with Gasteiger partial charge in [-0.2, -0.15) is 0 Å². The van der Waals surface area contributed by atoms with Crippen LogP contribution in [0, 0.1) is 0 Å². The van der Waals surface area contributed by atoms with E-state index in [-0.39, 0.29) is 0 Å². The van der Waals surface area contributed by atoms with Crippen LogP contribution in [0.2, 0.25) is 0 Å². The van der Waals surface area contributed by atoms with Gasteiger partial charge in [0, 0.05) is 6.42 Å². The monoisotopic (exact) mass is 221 g/mol. The van der Waals surface area contributed by atoms with Crippen molar-refractivity contribution in [2.24, 2.45) is 0 Å². The predicted octanol–water partition coefficient (Wildman–Crippen LogP) is 1.87. The number of hydrogen-bond acceptors (Lipinski definition) is 5. The van der Waals surface area contributed by atoms with Gasteiger partial charge in [0.1, 0.15) is 6.26 Å². The summed E-state index contributed by atoms with van der Waals surface area (Å²) >= 11 is 0. The van der Waals surface area contributed by atoms with E-state index < -0.39 is 0 Å². The Balaban J connectivity index is 1.88. The minimum atomic E-state index is 0.521. The zero-order valence-electron chi connectivity index (χ0n) is 9.27. The van der Waals surface area contributed by atoms with Gasteiger partial charge in [0.25, 0.3) is 5.89 Å². The molecule has 0 amide bonds. The van der Waals surface area contributed by atoms with Crippen LogP contribution in [-0.2, 0) is 6.42 Å². The van der Waals surface area contributed by atoms with E-state index in [1.54, 1.807) is 18.6 Å². The number of rotatable bonds is 6. The standard InChI is InChI=1S/C11H15N3O2/c1-2-12-6-3-4-10-13-14-11(16-10)9-5-7-15-8-9/h5,7-8,12H,2-4,6H2,1H3. The molecule has 2 aromatic rings. The molecule has 1 N–H and O–H groups in total. The molecule has 0 aliphatic carbocycles. The first kappa shape index (κ1) is 10.9. The largest absolute Gasteiger partial charge is 0.472 e. The first-order valence-corrected chi connectivity index (χ1v) is 5.46. The Morgan fingerprint density at radius 3 is 3.06 bits per heavy atom. The fraction of sp³-hybridized carbons (Fsp3) is 0.455. The van der Waals surface area contributed by atoms with Gasteiger partial charge in [0.05, 0.1) is 11.8 Å². The molecule has 0 aliphatic heterocycles. The molecule has 0 atom stereocenters. The van der Waals surface area contributed by atoms with Crippen LogP contribution in [0.15, 0.2) is 27.4 Å². The van der Waals surface area contributed by atoms with Gasteiger partial charge >= 0.3 is 0 Å². The topological polar surface area (TPSA) is 64.1 Å². The zero-order chi connectivity index (χ0) is 11.2. The summed E-state index contributed by atoms with van der Waals surface area (Å²) in [5.41, 5.74) is 0.824. The molecule has 5 heteroatoms. The summed E-state index contributed by atoms with van der Waals surface area (Å²) in [5.74, 6) is 1.20. The molecule has 2 aromatic heterocycles. The molecule has 0 aliphatic rings. The minimum absolute atomic E-state index is 0.521. The van der Waals surface area contributed by atoms with E-state index in [1.807, 2.05) is 0 Å². The maximum Gasteiger partial charge on any atom is 0.250 e. The van der Waals surface area contributed by atoms with Crippen molar-refractivity contribution in [1.82, 2.24) is 15.5 Å². The van der Waals surface area contributed by atoms with Crippen LogP contribution in [0.1, 0.15) is 19.2 Å². The van der Waals surface area contributed by atoms with Crippen LogP contribution < -0.4 is 5.32 Å². The Bertz CT molecular complexity index is 409. The Morgan fingerprint density at radius 1 is 1.38 bits per heavy atom. The van der Waals surface area contributed by atoms with Crippen LogP contribution in [-0.4, -0.2) is 23.3 Å². The van der Waals surface area contributed by atoms with Crippen LogP contribution in [0.5, 0.6) is 0 Å². The normalized spacial score (nSPS) is 10.8. The number of nitrogens with zero attached hydrogens (tertiary/aromatic N) is 2. The fourth-order valence-corrected chi connectivity index (χ4v) is 1.40. The smallest absolute Gasteiger partial charge is 0.250 e. The molecular weight excluding hydrogens is 206 g/mol. The van der Waals surface area contributed by atoms with Crippen molar-refractivity contribution in [3.8, 4) is 11.5 Å². The highest BCUT2D eigenvalue weighted by molar-refractivity contribution is 5.49. The molecule has 0 saturated carbocycles. The highest BCUT2D eigenvalue weighted by Gasteiger charge is 2.08. The van der Waals surface area contributed by atoms with E-state index in [4.69, 9.17) is 8.83 Å². The molecule has 5 nitrogen and oxygen atoms in total. The van der Waals surface area contributed by atoms with Gasteiger partial charge in [0.2, 0.25) is 5.89 Å². The van der Waals surface area contributed by atoms with E-state index in [1.165, 1.54) is 0 Å². The lowest BCUT2D eigenvalue weighted by atomic mass is 10.3. The Hall–Kier alpha value is -1.62. The third kappa shape index (κ3) is 2.70. The molecule has 2 rings (SSSR count). The first-order chi connectivity index (χ1) is 7.90. The highest BCUT2D eigenvalue weighted by atomic mass is 16.4. The number of aryl methyl sites for hydroxylation is 1. The van der Waals surface area contributed by atoms with E-state index in [2.05, 4.69) is 22.4 Å². The summed E-state index contributed by atoms with van der Waals surface area (Å²) in [6.45, 7) is 4.05. The summed E-state index contributed by atoms with van der Waals surface area (Å²) in [7, 11) is 0. The van der Waals surface area contributed by atoms with Crippen molar-refractivity contribution < 1.29 is 8.83 Å². The lowest BCUT2D eigenvalue weighted by Crippen LogP contribution is -2.14. The van der Waals surface area contributed by atoms with Crippen molar-refractivity contribution in [3.63, 3.8) is 0 Å². The van der Waals surface area contributed by atoms with Gasteiger partial charge in [-0.1, -0.05) is 6.92 Å². The second-order valence-electron chi connectivity index (χ2n) is 3.47. The maximum absolute atomic E-state index is 5.50. The molecule has 0 unspecified atom stereocenters. The maximum atomic E-state index is 5.50. The minimum Gasteiger partial charge on any atom is -0.472 e. The first-order valence-electron chi connectivity index (χ1n) is 5.46. The lowest BCUT2D eigenvalue weighted by Gasteiger charge is -1.97. The molecule has 16 heavy (non-hydrogen) atoms. The Morgan fingerprint density at radius 2 is 2.31 bits per heavy atom. The second-order valence-corrected chi connectivity index (χ2v) is 3.47. The van der Waals surface area contributed by atoms with Crippen LogP contribution in [0.25, 0.3) is 11.5 Å². The number of furan rings is 1.